The Balaban J connectivity index is 1.67. The van der Waals surface area contributed by atoms with E-state index < -0.39 is 0 Å². The van der Waals surface area contributed by atoms with Crippen LogP contribution < -0.4 is 0 Å². The van der Waals surface area contributed by atoms with Gasteiger partial charge in [0.2, 0.25) is 0 Å². The van der Waals surface area contributed by atoms with Gasteiger partial charge in [-0.25, -0.2) is 0 Å². The lowest BCUT2D eigenvalue weighted by molar-refractivity contribution is -0.0785. The van der Waals surface area contributed by atoms with E-state index in [1.54, 1.807) is 0 Å². The van der Waals surface area contributed by atoms with Gasteiger partial charge < -0.3 is 4.42 Å². The van der Waals surface area contributed by atoms with E-state index in [4.69, 9.17) is 4.42 Å². The highest BCUT2D eigenvalue weighted by atomic mass is 16.3. The second kappa shape index (κ2) is 4.67. The molecule has 4 bridgehead atoms. The molecule has 4 fully saturated rings. The van der Waals surface area contributed by atoms with Crippen molar-refractivity contribution in [1.82, 2.24) is 4.90 Å². The molecule has 0 amide bonds. The van der Waals surface area contributed by atoms with E-state index in [9.17, 15) is 0 Å². The molecule has 0 radical (unpaired) electrons. The molecule has 2 heteroatoms. The summed E-state index contributed by atoms with van der Waals surface area (Å²) in [7, 11) is 0. The first kappa shape index (κ1) is 14.4. The molecule has 1 aliphatic carbocycles. The van der Waals surface area contributed by atoms with Gasteiger partial charge in [0.1, 0.15) is 11.2 Å². The predicted molar refractivity (Wildman–Crippen MR) is 102 cm³/mol. The van der Waals surface area contributed by atoms with E-state index in [-0.39, 0.29) is 5.41 Å². The second-order valence-corrected chi connectivity index (χ2v) is 8.89. The molecule has 7 rings (SSSR count). The van der Waals surface area contributed by atoms with Crippen molar-refractivity contribution in [3.05, 3.63) is 47.5 Å². The highest BCUT2D eigenvalue weighted by Gasteiger charge is 2.56. The number of fused-ring (bicyclic) bond motifs is 3. The lowest BCUT2D eigenvalue weighted by Gasteiger charge is -2.62. The number of aryl methyl sites for hydroxylation is 1. The topological polar surface area (TPSA) is 16.4 Å². The number of hydrogen-bond donors (Lipinski definition) is 0. The molecular weight excluding hydrogens is 306 g/mol. The Labute approximate surface area is 148 Å². The van der Waals surface area contributed by atoms with Crippen molar-refractivity contribution in [3.8, 4) is 0 Å². The average Bonchev–Trinajstić information content (AvgIpc) is 2.97. The first-order chi connectivity index (χ1) is 12.2. The molecular formula is C23H25NO. The molecule has 0 N–H and O–H groups in total. The Kier molecular flexibility index (Phi) is 2.69. The zero-order valence-corrected chi connectivity index (χ0v) is 15.1. The standard InChI is InChI=1S/C23H25NO/c1-14-7-8-19-18-5-3-4-6-20(18)25-22(19)21(14)23-10-16-9-17(11-23)13-24(12-16)15(23)2/h3-8,15-17H,9-13H2,1-2H3/t15-,16?,17?,23?/m1/s1. The summed E-state index contributed by atoms with van der Waals surface area (Å²) in [5, 5.41) is 2.56. The van der Waals surface area contributed by atoms with Gasteiger partial charge >= 0.3 is 0 Å². The van der Waals surface area contributed by atoms with Crippen molar-refractivity contribution in [3.63, 3.8) is 0 Å². The van der Waals surface area contributed by atoms with Crippen molar-refractivity contribution in [1.29, 1.82) is 0 Å². The molecule has 2 unspecified atom stereocenters. The van der Waals surface area contributed by atoms with Crippen LogP contribution in [0.1, 0.15) is 37.3 Å². The number of benzene rings is 2. The maximum Gasteiger partial charge on any atom is 0.139 e. The van der Waals surface area contributed by atoms with Crippen LogP contribution in [-0.4, -0.2) is 24.0 Å². The van der Waals surface area contributed by atoms with Crippen LogP contribution in [0.25, 0.3) is 21.9 Å². The van der Waals surface area contributed by atoms with Crippen molar-refractivity contribution in [2.24, 2.45) is 11.8 Å². The lowest BCUT2D eigenvalue weighted by Crippen LogP contribution is -2.65. The van der Waals surface area contributed by atoms with E-state index in [1.165, 1.54) is 54.3 Å². The zero-order valence-electron chi connectivity index (χ0n) is 15.1. The maximum absolute atomic E-state index is 6.48. The molecule has 1 aromatic heterocycles. The third-order valence-electron chi connectivity index (χ3n) is 7.56. The average molecular weight is 331 g/mol. The molecule has 3 atom stereocenters. The Bertz CT molecular complexity index is 986. The van der Waals surface area contributed by atoms with Crippen molar-refractivity contribution >= 4 is 21.9 Å². The molecule has 2 aromatic carbocycles. The second-order valence-electron chi connectivity index (χ2n) is 8.89. The lowest BCUT2D eigenvalue weighted by atomic mass is 9.53. The monoisotopic (exact) mass is 331 g/mol. The molecule has 3 saturated heterocycles. The fourth-order valence-corrected chi connectivity index (χ4v) is 6.69. The third kappa shape index (κ3) is 1.74. The molecule has 4 heterocycles. The first-order valence-electron chi connectivity index (χ1n) is 9.81. The summed E-state index contributed by atoms with van der Waals surface area (Å²) in [6.07, 6.45) is 4.14. The zero-order chi connectivity index (χ0) is 16.8. The van der Waals surface area contributed by atoms with E-state index in [1.807, 2.05) is 0 Å². The number of para-hydroxylation sites is 1. The molecule has 25 heavy (non-hydrogen) atoms. The van der Waals surface area contributed by atoms with Crippen molar-refractivity contribution in [2.45, 2.75) is 44.6 Å². The molecule has 1 saturated carbocycles. The minimum Gasteiger partial charge on any atom is -0.456 e. The summed E-state index contributed by atoms with van der Waals surface area (Å²) in [4.78, 5) is 2.77. The number of hydrogen-bond acceptors (Lipinski definition) is 2. The summed E-state index contributed by atoms with van der Waals surface area (Å²) >= 11 is 0. The van der Waals surface area contributed by atoms with Crippen LogP contribution in [0, 0.1) is 18.8 Å². The molecule has 4 aliphatic rings. The smallest absolute Gasteiger partial charge is 0.139 e. The van der Waals surface area contributed by atoms with Crippen molar-refractivity contribution in [2.75, 3.05) is 13.1 Å². The van der Waals surface area contributed by atoms with E-state index in [0.717, 1.165) is 23.0 Å². The van der Waals surface area contributed by atoms with Crippen LogP contribution in [-0.2, 0) is 5.41 Å². The van der Waals surface area contributed by atoms with Crippen LogP contribution in [0.15, 0.2) is 40.8 Å². The number of furan rings is 1. The molecule has 3 aliphatic heterocycles. The molecule has 128 valence electrons. The van der Waals surface area contributed by atoms with Gasteiger partial charge in [-0.15, -0.1) is 0 Å². The Morgan fingerprint density at radius 2 is 1.76 bits per heavy atom. The minimum atomic E-state index is 0.279. The third-order valence-corrected chi connectivity index (χ3v) is 7.56. The summed E-state index contributed by atoms with van der Waals surface area (Å²) in [6, 6.07) is 13.7. The van der Waals surface area contributed by atoms with Crippen molar-refractivity contribution < 1.29 is 4.42 Å². The minimum absolute atomic E-state index is 0.279. The number of nitrogens with zero attached hydrogens (tertiary/aromatic N) is 1. The summed E-state index contributed by atoms with van der Waals surface area (Å²) < 4.78 is 6.48. The normalized spacial score (nSPS) is 36.6. The van der Waals surface area contributed by atoms with Gasteiger partial charge in [-0.3, -0.25) is 4.90 Å². The highest BCUT2D eigenvalue weighted by Crippen LogP contribution is 2.57. The summed E-state index contributed by atoms with van der Waals surface area (Å²) in [5.74, 6) is 1.76. The Hall–Kier alpha value is -1.80. The number of piperidine rings is 3. The van der Waals surface area contributed by atoms with Gasteiger partial charge in [-0.05, 0) is 56.6 Å². The van der Waals surface area contributed by atoms with Gasteiger partial charge in [0.05, 0.1) is 0 Å². The van der Waals surface area contributed by atoms with E-state index in [2.05, 4.69) is 55.1 Å². The molecule has 3 aromatic rings. The van der Waals surface area contributed by atoms with E-state index >= 15 is 0 Å². The Morgan fingerprint density at radius 3 is 2.56 bits per heavy atom. The quantitative estimate of drug-likeness (QED) is 0.604. The van der Waals surface area contributed by atoms with Crippen LogP contribution in [0.2, 0.25) is 0 Å². The highest BCUT2D eigenvalue weighted by molar-refractivity contribution is 6.06. The fourth-order valence-electron chi connectivity index (χ4n) is 6.69. The Morgan fingerprint density at radius 1 is 1.00 bits per heavy atom. The van der Waals surface area contributed by atoms with Crippen LogP contribution in [0.5, 0.6) is 0 Å². The maximum atomic E-state index is 6.48. The fraction of sp³-hybridized carbons (Fsp3) is 0.478. The van der Waals surface area contributed by atoms with Gasteiger partial charge in [-0.1, -0.05) is 30.3 Å². The van der Waals surface area contributed by atoms with Gasteiger partial charge in [0, 0.05) is 40.9 Å². The van der Waals surface area contributed by atoms with Gasteiger partial charge in [-0.2, -0.15) is 0 Å². The number of rotatable bonds is 1. The first-order valence-corrected chi connectivity index (χ1v) is 9.81. The summed E-state index contributed by atoms with van der Waals surface area (Å²) in [6.45, 7) is 7.39. The SMILES string of the molecule is Cc1ccc2c(oc3ccccc32)c1C12CC3CC(CN(C3)[C@@H]1C)C2. The van der Waals surface area contributed by atoms with Gasteiger partial charge in [0.15, 0.2) is 0 Å². The molecule has 2 nitrogen and oxygen atoms in total. The molecule has 0 spiro atoms. The summed E-state index contributed by atoms with van der Waals surface area (Å²) in [5.41, 5.74) is 5.41. The van der Waals surface area contributed by atoms with E-state index in [0.29, 0.717) is 6.04 Å². The van der Waals surface area contributed by atoms with Crippen LogP contribution in [0.4, 0.5) is 0 Å². The van der Waals surface area contributed by atoms with Crippen LogP contribution >= 0.6 is 0 Å². The van der Waals surface area contributed by atoms with Gasteiger partial charge in [0.25, 0.3) is 0 Å². The predicted octanol–water partition coefficient (Wildman–Crippen LogP) is 5.27. The van der Waals surface area contributed by atoms with Crippen LogP contribution in [0.3, 0.4) is 0 Å². The largest absolute Gasteiger partial charge is 0.456 e.